The number of rotatable bonds is 0. The van der Waals surface area contributed by atoms with Crippen molar-refractivity contribution in [1.29, 1.82) is 15.8 Å². The molecule has 1 aromatic rings. The van der Waals surface area contributed by atoms with E-state index in [1.165, 1.54) is 4.90 Å². The van der Waals surface area contributed by atoms with Gasteiger partial charge in [-0.2, -0.15) is 15.8 Å². The van der Waals surface area contributed by atoms with Crippen LogP contribution < -0.4 is 10.6 Å². The molecule has 1 heterocycles. The van der Waals surface area contributed by atoms with E-state index in [1.807, 2.05) is 24.3 Å². The van der Waals surface area contributed by atoms with Crippen LogP contribution in [0.5, 0.6) is 0 Å². The van der Waals surface area contributed by atoms with Gasteiger partial charge in [-0.3, -0.25) is 4.79 Å². The molecule has 3 atom stereocenters. The number of nitrogens with zero attached hydrogens (tertiary/aromatic N) is 4. The van der Waals surface area contributed by atoms with E-state index < -0.39 is 16.7 Å². The first-order valence-corrected chi connectivity index (χ1v) is 11.3. The Morgan fingerprint density at radius 3 is 2.44 bits per heavy atom. The normalized spacial score (nSPS) is 28.4. The van der Waals surface area contributed by atoms with Gasteiger partial charge in [-0.05, 0) is 53.5 Å². The summed E-state index contributed by atoms with van der Waals surface area (Å²) in [6.45, 7) is 6.45. The third-order valence-electron chi connectivity index (χ3n) is 7.65. The zero-order valence-corrected chi connectivity index (χ0v) is 20.1. The summed E-state index contributed by atoms with van der Waals surface area (Å²) in [5, 5.41) is 30.9. The molecule has 6 nitrogen and oxygen atoms in total. The summed E-state index contributed by atoms with van der Waals surface area (Å²) < 4.78 is 0.742. The lowest BCUT2D eigenvalue weighted by molar-refractivity contribution is -0.127. The summed E-state index contributed by atoms with van der Waals surface area (Å²) >= 11 is 3.50. The zero-order chi connectivity index (χ0) is 23.6. The molecule has 0 bridgehead atoms. The Kier molecular flexibility index (Phi) is 4.81. The molecule has 1 aromatic carbocycles. The van der Waals surface area contributed by atoms with Crippen LogP contribution in [0.15, 0.2) is 45.6 Å². The van der Waals surface area contributed by atoms with E-state index in [-0.39, 0.29) is 28.5 Å². The number of anilines is 1. The number of nitrogens with two attached hydrogens (primary N) is 1. The number of allylic oxidation sites excluding steroid dienone is 4. The zero-order valence-electron chi connectivity index (χ0n) is 18.5. The maximum Gasteiger partial charge on any atom is 0.241 e. The van der Waals surface area contributed by atoms with E-state index in [9.17, 15) is 20.6 Å². The molecule has 0 aromatic heterocycles. The van der Waals surface area contributed by atoms with Crippen molar-refractivity contribution in [3.8, 4) is 18.2 Å². The number of nitriles is 3. The summed E-state index contributed by atoms with van der Waals surface area (Å²) in [4.78, 5) is 15.7. The molecule has 1 amide bonds. The maximum absolute atomic E-state index is 14.2. The van der Waals surface area contributed by atoms with E-state index in [0.717, 1.165) is 10.9 Å². The topological polar surface area (TPSA) is 118 Å². The maximum atomic E-state index is 14.2. The number of carbonyl (C=O) groups is 1. The monoisotopic (exact) mass is 489 g/mol. The number of benzene rings is 1. The van der Waals surface area contributed by atoms with Gasteiger partial charge in [0, 0.05) is 23.1 Å². The lowest BCUT2D eigenvalue weighted by Gasteiger charge is -2.52. The molecule has 3 unspecified atom stereocenters. The number of carbonyl (C=O) groups excluding carboxylic acids is 1. The van der Waals surface area contributed by atoms with Gasteiger partial charge in [0.05, 0.1) is 23.4 Å². The van der Waals surface area contributed by atoms with E-state index >= 15 is 0 Å². The fourth-order valence-corrected chi connectivity index (χ4v) is 6.24. The van der Waals surface area contributed by atoms with Crippen LogP contribution in [0.1, 0.15) is 39.2 Å². The van der Waals surface area contributed by atoms with Gasteiger partial charge in [0.1, 0.15) is 11.5 Å². The van der Waals surface area contributed by atoms with E-state index in [2.05, 4.69) is 54.9 Å². The van der Waals surface area contributed by atoms with Gasteiger partial charge in [0.2, 0.25) is 11.3 Å². The Balaban J connectivity index is 2.19. The third-order valence-corrected chi connectivity index (χ3v) is 8.15. The van der Waals surface area contributed by atoms with Crippen molar-refractivity contribution in [3.05, 3.63) is 51.2 Å². The van der Waals surface area contributed by atoms with Crippen molar-refractivity contribution in [1.82, 2.24) is 0 Å². The van der Waals surface area contributed by atoms with Crippen LogP contribution in [0.3, 0.4) is 0 Å². The van der Waals surface area contributed by atoms with Crippen LogP contribution in [-0.4, -0.2) is 13.0 Å². The highest BCUT2D eigenvalue weighted by molar-refractivity contribution is 9.10. The van der Waals surface area contributed by atoms with E-state index in [4.69, 9.17) is 5.73 Å². The van der Waals surface area contributed by atoms with Crippen LogP contribution in [0.25, 0.3) is 0 Å². The first-order valence-electron chi connectivity index (χ1n) is 10.5. The molecule has 0 fully saturated rings. The third kappa shape index (κ3) is 2.45. The average Bonchev–Trinajstić information content (AvgIpc) is 2.97. The van der Waals surface area contributed by atoms with Crippen molar-refractivity contribution in [2.75, 3.05) is 11.9 Å². The van der Waals surface area contributed by atoms with Gasteiger partial charge in [-0.1, -0.05) is 42.8 Å². The highest BCUT2D eigenvalue weighted by Gasteiger charge is 2.72. The largest absolute Gasteiger partial charge is 0.399 e. The molecular weight excluding hydrogens is 466 g/mol. The summed E-state index contributed by atoms with van der Waals surface area (Å²) in [6, 6.07) is 11.9. The molecule has 3 aliphatic rings. The Hall–Kier alpha value is -3.08. The average molecular weight is 490 g/mol. The summed E-state index contributed by atoms with van der Waals surface area (Å²) in [7, 11) is 1.66. The number of fused-ring (bicyclic) bond motifs is 4. The molecule has 2 aliphatic carbocycles. The van der Waals surface area contributed by atoms with Crippen molar-refractivity contribution >= 4 is 27.5 Å². The van der Waals surface area contributed by atoms with E-state index in [0.29, 0.717) is 23.2 Å². The Morgan fingerprint density at radius 1 is 1.22 bits per heavy atom. The minimum absolute atomic E-state index is 0.0572. The highest BCUT2D eigenvalue weighted by Crippen LogP contribution is 2.65. The standard InChI is InChI=1S/C25H24BrN5O/c1-23(2,3)14-5-7-16-17(11-27)21(30)24(12-28,13-29)25(18(16)9-14)19-10-15(26)6-8-20(19)31(4)22(25)32/h6-8,10,14,18H,5,9,30H2,1-4H3. The van der Waals surface area contributed by atoms with Crippen molar-refractivity contribution in [3.63, 3.8) is 0 Å². The second-order valence-corrected chi connectivity index (χ2v) is 10.9. The fraction of sp³-hybridized carbons (Fsp3) is 0.440. The quantitative estimate of drug-likeness (QED) is 0.577. The van der Waals surface area contributed by atoms with Crippen molar-refractivity contribution in [2.24, 2.45) is 28.4 Å². The summed E-state index contributed by atoms with van der Waals surface area (Å²) in [6.07, 6.45) is 3.31. The van der Waals surface area contributed by atoms with Crippen LogP contribution in [0, 0.1) is 56.7 Å². The molecule has 32 heavy (non-hydrogen) atoms. The summed E-state index contributed by atoms with van der Waals surface area (Å²) in [5.41, 5.74) is 4.84. The number of hydrogen-bond donors (Lipinski definition) is 1. The lowest BCUT2D eigenvalue weighted by Crippen LogP contribution is -2.61. The predicted octanol–water partition coefficient (Wildman–Crippen LogP) is 4.45. The first-order chi connectivity index (χ1) is 15.0. The number of likely N-dealkylation sites (N-methyl/N-ethyl adjacent to an activating group) is 1. The molecular formula is C25H24BrN5O. The second kappa shape index (κ2) is 6.96. The van der Waals surface area contributed by atoms with Gasteiger partial charge < -0.3 is 10.6 Å². The highest BCUT2D eigenvalue weighted by atomic mass is 79.9. The van der Waals surface area contributed by atoms with Crippen molar-refractivity contribution in [2.45, 2.75) is 39.0 Å². The molecule has 2 N–H and O–H groups in total. The minimum Gasteiger partial charge on any atom is -0.399 e. The van der Waals surface area contributed by atoms with Crippen molar-refractivity contribution < 1.29 is 4.79 Å². The molecule has 4 rings (SSSR count). The fourth-order valence-electron chi connectivity index (χ4n) is 5.88. The number of amides is 1. The smallest absolute Gasteiger partial charge is 0.241 e. The van der Waals surface area contributed by atoms with Crippen LogP contribution in [0.4, 0.5) is 5.69 Å². The minimum atomic E-state index is -2.00. The Bertz CT molecular complexity index is 1220. The van der Waals surface area contributed by atoms with Gasteiger partial charge in [-0.25, -0.2) is 0 Å². The van der Waals surface area contributed by atoms with Gasteiger partial charge in [-0.15, -0.1) is 0 Å². The molecule has 1 aliphatic heterocycles. The summed E-state index contributed by atoms with van der Waals surface area (Å²) in [5.74, 6) is -0.650. The Labute approximate surface area is 196 Å². The molecule has 0 radical (unpaired) electrons. The second-order valence-electron chi connectivity index (χ2n) is 9.95. The molecule has 1 spiro atoms. The van der Waals surface area contributed by atoms with Crippen LogP contribution in [0.2, 0.25) is 0 Å². The predicted molar refractivity (Wildman–Crippen MR) is 123 cm³/mol. The molecule has 7 heteroatoms. The molecule has 0 saturated carbocycles. The number of hydrogen-bond acceptors (Lipinski definition) is 5. The van der Waals surface area contributed by atoms with E-state index in [1.54, 1.807) is 7.05 Å². The van der Waals surface area contributed by atoms with Gasteiger partial charge in [0.15, 0.2) is 0 Å². The molecule has 162 valence electrons. The SMILES string of the molecule is CN1C(=O)C2(c3cc(Br)ccc31)C1CC(C(C)(C)C)CC=C1C(C#N)=C(N)C2(C#N)C#N. The van der Waals surface area contributed by atoms with Gasteiger partial charge >= 0.3 is 0 Å². The van der Waals surface area contributed by atoms with Crippen LogP contribution >= 0.6 is 15.9 Å². The lowest BCUT2D eigenvalue weighted by atomic mass is 9.46. The molecule has 0 saturated heterocycles. The Morgan fingerprint density at radius 2 is 1.88 bits per heavy atom. The number of halogens is 1. The first kappa shape index (κ1) is 22.1. The van der Waals surface area contributed by atoms with Gasteiger partial charge in [0.25, 0.3) is 0 Å². The van der Waals surface area contributed by atoms with Crippen LogP contribution in [-0.2, 0) is 10.2 Å².